The number of imide groups is 1. The Kier molecular flexibility index (Phi) is 5.09. The minimum Gasteiger partial charge on any atom is -0.368 e. The van der Waals surface area contributed by atoms with Crippen molar-refractivity contribution >= 4 is 35.1 Å². The van der Waals surface area contributed by atoms with Gasteiger partial charge < -0.3 is 15.1 Å². The maximum Gasteiger partial charge on any atom is 0.325 e. The minimum absolute atomic E-state index is 0.209. The molecule has 8 heteroatoms. The van der Waals surface area contributed by atoms with E-state index in [0.717, 1.165) is 10.6 Å². The minimum atomic E-state index is -0.914. The van der Waals surface area contributed by atoms with Gasteiger partial charge >= 0.3 is 6.03 Å². The summed E-state index contributed by atoms with van der Waals surface area (Å²) in [6, 6.07) is 7.12. The third kappa shape index (κ3) is 3.49. The summed E-state index contributed by atoms with van der Waals surface area (Å²) in [5.41, 5.74) is 0.111. The van der Waals surface area contributed by atoms with Crippen molar-refractivity contribution in [2.75, 3.05) is 37.6 Å². The zero-order valence-corrected chi connectivity index (χ0v) is 15.8. The second-order valence-corrected chi connectivity index (χ2v) is 7.29. The second-order valence-electron chi connectivity index (χ2n) is 6.85. The number of nitrogens with zero attached hydrogens (tertiary/aromatic N) is 3. The third-order valence-electron chi connectivity index (χ3n) is 5.15. The van der Waals surface area contributed by atoms with Crippen LogP contribution in [-0.4, -0.2) is 65.9 Å². The van der Waals surface area contributed by atoms with Crippen molar-refractivity contribution in [2.24, 2.45) is 0 Å². The van der Waals surface area contributed by atoms with Crippen molar-refractivity contribution in [3.05, 3.63) is 29.3 Å². The lowest BCUT2D eigenvalue weighted by Gasteiger charge is -2.36. The number of anilines is 1. The number of halogens is 1. The molecule has 2 saturated heterocycles. The van der Waals surface area contributed by atoms with Gasteiger partial charge in [-0.25, -0.2) is 4.79 Å². The lowest BCUT2D eigenvalue weighted by atomic mass is 9.99. The number of urea groups is 1. The van der Waals surface area contributed by atoms with Crippen molar-refractivity contribution in [1.82, 2.24) is 15.1 Å². The molecular formula is C18H23ClN4O3. The van der Waals surface area contributed by atoms with Gasteiger partial charge in [0, 0.05) is 36.9 Å². The van der Waals surface area contributed by atoms with E-state index in [2.05, 4.69) is 10.2 Å². The van der Waals surface area contributed by atoms with E-state index in [1.807, 2.05) is 31.2 Å². The smallest absolute Gasteiger partial charge is 0.325 e. The molecule has 0 radical (unpaired) electrons. The number of benzene rings is 1. The van der Waals surface area contributed by atoms with Gasteiger partial charge in [0.25, 0.3) is 5.91 Å². The summed E-state index contributed by atoms with van der Waals surface area (Å²) in [5, 5.41) is 3.35. The third-order valence-corrected chi connectivity index (χ3v) is 5.39. The Labute approximate surface area is 157 Å². The fourth-order valence-corrected chi connectivity index (χ4v) is 3.44. The summed E-state index contributed by atoms with van der Waals surface area (Å²) in [4.78, 5) is 41.9. The normalized spacial score (nSPS) is 23.4. The highest BCUT2D eigenvalue weighted by Crippen LogP contribution is 2.22. The number of piperazine rings is 1. The molecule has 0 spiro atoms. The monoisotopic (exact) mass is 378 g/mol. The number of nitrogens with one attached hydrogen (secondary N) is 1. The van der Waals surface area contributed by atoms with Gasteiger partial charge in [-0.3, -0.25) is 14.5 Å². The van der Waals surface area contributed by atoms with Crippen LogP contribution in [-0.2, 0) is 9.59 Å². The first-order valence-corrected chi connectivity index (χ1v) is 9.14. The Morgan fingerprint density at radius 3 is 2.50 bits per heavy atom. The van der Waals surface area contributed by atoms with E-state index in [4.69, 9.17) is 11.6 Å². The van der Waals surface area contributed by atoms with E-state index in [9.17, 15) is 14.4 Å². The number of carbonyl (C=O) groups is 3. The topological polar surface area (TPSA) is 73.0 Å². The van der Waals surface area contributed by atoms with Crippen LogP contribution < -0.4 is 10.2 Å². The van der Waals surface area contributed by atoms with Crippen LogP contribution in [0.5, 0.6) is 0 Å². The van der Waals surface area contributed by atoms with E-state index in [1.54, 1.807) is 11.8 Å². The average Bonchev–Trinajstić information content (AvgIpc) is 2.85. The number of hydrogen-bond acceptors (Lipinski definition) is 4. The quantitative estimate of drug-likeness (QED) is 0.809. The number of carbonyl (C=O) groups excluding carboxylic acids is 3. The molecular weight excluding hydrogens is 356 g/mol. The summed E-state index contributed by atoms with van der Waals surface area (Å²) < 4.78 is 0. The molecule has 0 saturated carbocycles. The van der Waals surface area contributed by atoms with Crippen molar-refractivity contribution in [3.63, 3.8) is 0 Å². The molecule has 2 fully saturated rings. The Bertz CT molecular complexity index is 733. The Morgan fingerprint density at radius 2 is 1.92 bits per heavy atom. The van der Waals surface area contributed by atoms with Crippen molar-refractivity contribution in [2.45, 2.75) is 25.8 Å². The first-order valence-electron chi connectivity index (χ1n) is 8.76. The van der Waals surface area contributed by atoms with E-state index in [1.165, 1.54) is 0 Å². The average molecular weight is 379 g/mol. The molecule has 0 aromatic heterocycles. The molecule has 0 bridgehead atoms. The van der Waals surface area contributed by atoms with Crippen molar-refractivity contribution < 1.29 is 14.4 Å². The van der Waals surface area contributed by atoms with E-state index < -0.39 is 11.6 Å². The summed E-state index contributed by atoms with van der Waals surface area (Å²) in [6.45, 7) is 5.75. The van der Waals surface area contributed by atoms with Crippen LogP contribution in [0.4, 0.5) is 10.5 Å². The van der Waals surface area contributed by atoms with E-state index in [-0.39, 0.29) is 18.4 Å². The van der Waals surface area contributed by atoms with Crippen molar-refractivity contribution in [1.29, 1.82) is 0 Å². The fraction of sp³-hybridized carbons (Fsp3) is 0.500. The van der Waals surface area contributed by atoms with Crippen LogP contribution in [0.2, 0.25) is 5.02 Å². The summed E-state index contributed by atoms with van der Waals surface area (Å²) >= 11 is 6.03. The maximum absolute atomic E-state index is 12.6. The molecule has 140 valence electrons. The van der Waals surface area contributed by atoms with E-state index in [0.29, 0.717) is 37.6 Å². The van der Waals surface area contributed by atoms with Crippen LogP contribution in [0.25, 0.3) is 0 Å². The summed E-state index contributed by atoms with van der Waals surface area (Å²) in [6.07, 6.45) is 0.487. The Hall–Kier alpha value is -2.28. The summed E-state index contributed by atoms with van der Waals surface area (Å²) in [7, 11) is 0. The molecule has 1 atom stereocenters. The molecule has 26 heavy (non-hydrogen) atoms. The largest absolute Gasteiger partial charge is 0.368 e. The molecule has 2 heterocycles. The molecule has 3 rings (SSSR count). The standard InChI is InChI=1S/C18H23ClN4O3/c1-3-18(2)16(25)23(17(26)20-18)12-15(24)22-9-7-21(8-10-22)14-6-4-5-13(19)11-14/h4-6,11H,3,7-10,12H2,1-2H3,(H,20,26)/t18-/m0/s1. The molecule has 7 nitrogen and oxygen atoms in total. The predicted molar refractivity (Wildman–Crippen MR) is 99.2 cm³/mol. The molecule has 1 N–H and O–H groups in total. The van der Waals surface area contributed by atoms with Crippen LogP contribution in [0, 0.1) is 0 Å². The first-order chi connectivity index (χ1) is 12.3. The molecule has 0 aliphatic carbocycles. The van der Waals surface area contributed by atoms with Gasteiger partial charge in [-0.2, -0.15) is 0 Å². The number of hydrogen-bond donors (Lipinski definition) is 1. The lowest BCUT2D eigenvalue weighted by molar-refractivity contribution is -0.139. The van der Waals surface area contributed by atoms with Crippen molar-refractivity contribution in [3.8, 4) is 0 Å². The van der Waals surface area contributed by atoms with Crippen LogP contribution >= 0.6 is 11.6 Å². The van der Waals surface area contributed by atoms with Crippen LogP contribution in [0.15, 0.2) is 24.3 Å². The molecule has 2 aliphatic rings. The molecule has 0 unspecified atom stereocenters. The summed E-state index contributed by atoms with van der Waals surface area (Å²) in [5.74, 6) is -0.546. The lowest BCUT2D eigenvalue weighted by Crippen LogP contribution is -2.52. The maximum atomic E-state index is 12.6. The molecule has 1 aromatic rings. The Morgan fingerprint density at radius 1 is 1.23 bits per heavy atom. The van der Waals surface area contributed by atoms with Gasteiger partial charge in [-0.15, -0.1) is 0 Å². The number of rotatable bonds is 4. The SMILES string of the molecule is CC[C@]1(C)NC(=O)N(CC(=O)N2CCN(c3cccc(Cl)c3)CC2)C1=O. The van der Waals surface area contributed by atoms with Gasteiger partial charge in [0.05, 0.1) is 0 Å². The number of amides is 4. The van der Waals surface area contributed by atoms with Gasteiger partial charge in [0.1, 0.15) is 12.1 Å². The van der Waals surface area contributed by atoms with Gasteiger partial charge in [0.2, 0.25) is 5.91 Å². The highest BCUT2D eigenvalue weighted by atomic mass is 35.5. The second kappa shape index (κ2) is 7.15. The highest BCUT2D eigenvalue weighted by molar-refractivity contribution is 6.30. The zero-order valence-electron chi connectivity index (χ0n) is 15.0. The molecule has 1 aromatic carbocycles. The van der Waals surface area contributed by atoms with Crippen LogP contribution in [0.1, 0.15) is 20.3 Å². The fourth-order valence-electron chi connectivity index (χ4n) is 3.25. The van der Waals surface area contributed by atoms with Crippen LogP contribution in [0.3, 0.4) is 0 Å². The Balaban J connectivity index is 1.57. The molecule has 4 amide bonds. The van der Waals surface area contributed by atoms with E-state index >= 15 is 0 Å². The molecule has 2 aliphatic heterocycles. The van der Waals surface area contributed by atoms with Gasteiger partial charge in [0.15, 0.2) is 0 Å². The van der Waals surface area contributed by atoms with Gasteiger partial charge in [-0.1, -0.05) is 24.6 Å². The van der Waals surface area contributed by atoms with Gasteiger partial charge in [-0.05, 0) is 31.5 Å². The zero-order chi connectivity index (χ0) is 18.9. The highest BCUT2D eigenvalue weighted by Gasteiger charge is 2.47. The first kappa shape index (κ1) is 18.5. The predicted octanol–water partition coefficient (Wildman–Crippen LogP) is 1.71.